The topological polar surface area (TPSA) is 50.1 Å². The molecular formula is C14H25N3O. The number of aryl methyl sites for hydroxylation is 2. The monoisotopic (exact) mass is 251 g/mol. The van der Waals surface area contributed by atoms with Crippen LogP contribution in [0.3, 0.4) is 0 Å². The fraction of sp³-hybridized carbons (Fsp3) is 0.786. The first-order valence-electron chi connectivity index (χ1n) is 7.13. The van der Waals surface area contributed by atoms with Gasteiger partial charge in [-0.05, 0) is 19.3 Å². The summed E-state index contributed by atoms with van der Waals surface area (Å²) in [6.45, 7) is 2.95. The fourth-order valence-electron chi connectivity index (χ4n) is 2.80. The minimum absolute atomic E-state index is 0.186. The summed E-state index contributed by atoms with van der Waals surface area (Å²) in [5.74, 6) is 0. The van der Waals surface area contributed by atoms with Crippen LogP contribution in [-0.4, -0.2) is 27.0 Å². The van der Waals surface area contributed by atoms with Gasteiger partial charge in [0.05, 0.1) is 11.8 Å². The van der Waals surface area contributed by atoms with Gasteiger partial charge in [-0.3, -0.25) is 4.68 Å². The van der Waals surface area contributed by atoms with E-state index in [1.54, 1.807) is 0 Å². The zero-order chi connectivity index (χ0) is 13.0. The van der Waals surface area contributed by atoms with E-state index in [1.165, 1.54) is 18.4 Å². The lowest BCUT2D eigenvalue weighted by atomic mass is 10.1. The van der Waals surface area contributed by atoms with Crippen LogP contribution in [0.2, 0.25) is 0 Å². The molecule has 1 fully saturated rings. The Hall–Kier alpha value is -0.870. The van der Waals surface area contributed by atoms with Crippen molar-refractivity contribution >= 4 is 0 Å². The van der Waals surface area contributed by atoms with Gasteiger partial charge in [0.1, 0.15) is 0 Å². The Morgan fingerprint density at radius 3 is 2.94 bits per heavy atom. The van der Waals surface area contributed by atoms with Crippen molar-refractivity contribution < 1.29 is 5.11 Å². The van der Waals surface area contributed by atoms with E-state index in [1.807, 2.05) is 11.7 Å². The number of aliphatic hydroxyl groups is 1. The van der Waals surface area contributed by atoms with Crippen molar-refractivity contribution in [2.75, 3.05) is 0 Å². The Bertz CT molecular complexity index is 375. The number of rotatable bonds is 4. The molecule has 102 valence electrons. The van der Waals surface area contributed by atoms with E-state index >= 15 is 0 Å². The molecule has 2 unspecified atom stereocenters. The Balaban J connectivity index is 1.93. The minimum Gasteiger partial charge on any atom is -0.392 e. The minimum atomic E-state index is -0.186. The van der Waals surface area contributed by atoms with Gasteiger partial charge in [0.25, 0.3) is 0 Å². The zero-order valence-corrected chi connectivity index (χ0v) is 11.5. The molecule has 0 radical (unpaired) electrons. The molecule has 0 spiro atoms. The van der Waals surface area contributed by atoms with Crippen LogP contribution in [-0.2, 0) is 20.0 Å². The van der Waals surface area contributed by atoms with E-state index in [2.05, 4.69) is 23.5 Å². The number of nitrogens with one attached hydrogen (secondary N) is 1. The molecular weight excluding hydrogens is 226 g/mol. The van der Waals surface area contributed by atoms with Crippen molar-refractivity contribution in [2.45, 2.75) is 64.1 Å². The summed E-state index contributed by atoms with van der Waals surface area (Å²) in [7, 11) is 1.96. The maximum absolute atomic E-state index is 10.1. The van der Waals surface area contributed by atoms with E-state index in [-0.39, 0.29) is 12.1 Å². The molecule has 1 saturated carbocycles. The van der Waals surface area contributed by atoms with Crippen LogP contribution in [0.25, 0.3) is 0 Å². The van der Waals surface area contributed by atoms with Crippen molar-refractivity contribution in [3.63, 3.8) is 0 Å². The second-order valence-corrected chi connectivity index (χ2v) is 5.32. The molecule has 4 nitrogen and oxygen atoms in total. The molecule has 1 aliphatic rings. The highest BCUT2D eigenvalue weighted by Gasteiger charge is 2.21. The highest BCUT2D eigenvalue weighted by atomic mass is 16.3. The van der Waals surface area contributed by atoms with Gasteiger partial charge in [0, 0.05) is 31.4 Å². The molecule has 1 heterocycles. The Labute approximate surface area is 109 Å². The molecule has 4 heteroatoms. The van der Waals surface area contributed by atoms with Gasteiger partial charge in [0.15, 0.2) is 0 Å². The van der Waals surface area contributed by atoms with Crippen molar-refractivity contribution in [2.24, 2.45) is 7.05 Å². The van der Waals surface area contributed by atoms with E-state index in [9.17, 15) is 5.11 Å². The van der Waals surface area contributed by atoms with Crippen LogP contribution in [0.1, 0.15) is 50.3 Å². The summed E-state index contributed by atoms with van der Waals surface area (Å²) in [4.78, 5) is 0. The van der Waals surface area contributed by atoms with Crippen molar-refractivity contribution in [1.82, 2.24) is 15.1 Å². The van der Waals surface area contributed by atoms with Crippen LogP contribution < -0.4 is 5.32 Å². The van der Waals surface area contributed by atoms with E-state index in [0.29, 0.717) is 0 Å². The summed E-state index contributed by atoms with van der Waals surface area (Å²) < 4.78 is 1.87. The maximum Gasteiger partial charge on any atom is 0.0693 e. The van der Waals surface area contributed by atoms with Crippen molar-refractivity contribution in [3.8, 4) is 0 Å². The first-order valence-corrected chi connectivity index (χ1v) is 7.13. The third-order valence-electron chi connectivity index (χ3n) is 3.86. The number of hydrogen-bond donors (Lipinski definition) is 2. The average molecular weight is 251 g/mol. The predicted molar refractivity (Wildman–Crippen MR) is 72.3 cm³/mol. The summed E-state index contributed by atoms with van der Waals surface area (Å²) in [6.07, 6.45) is 8.51. The Morgan fingerprint density at radius 2 is 2.17 bits per heavy atom. The summed E-state index contributed by atoms with van der Waals surface area (Å²) in [5, 5.41) is 18.0. The quantitative estimate of drug-likeness (QED) is 0.802. The van der Waals surface area contributed by atoms with Crippen LogP contribution in [0.15, 0.2) is 6.20 Å². The van der Waals surface area contributed by atoms with Crippen molar-refractivity contribution in [3.05, 3.63) is 17.5 Å². The number of hydrogen-bond acceptors (Lipinski definition) is 3. The fourth-order valence-corrected chi connectivity index (χ4v) is 2.80. The second kappa shape index (κ2) is 6.34. The van der Waals surface area contributed by atoms with Gasteiger partial charge in [0.2, 0.25) is 0 Å². The molecule has 2 rings (SSSR count). The van der Waals surface area contributed by atoms with Crippen LogP contribution in [0, 0.1) is 0 Å². The molecule has 1 aliphatic carbocycles. The maximum atomic E-state index is 10.1. The first kappa shape index (κ1) is 13.6. The number of nitrogens with zero attached hydrogens (tertiary/aromatic N) is 2. The molecule has 0 amide bonds. The van der Waals surface area contributed by atoms with Crippen LogP contribution in [0.4, 0.5) is 0 Å². The summed E-state index contributed by atoms with van der Waals surface area (Å²) in [6, 6.07) is 0.248. The van der Waals surface area contributed by atoms with Crippen molar-refractivity contribution in [1.29, 1.82) is 0 Å². The molecule has 2 N–H and O–H groups in total. The highest BCUT2D eigenvalue weighted by Crippen LogP contribution is 2.18. The number of aromatic nitrogens is 2. The molecule has 1 aromatic rings. The normalized spacial score (nSPS) is 25.1. The first-order chi connectivity index (χ1) is 8.70. The predicted octanol–water partition coefficient (Wildman–Crippen LogP) is 1.77. The third kappa shape index (κ3) is 3.33. The van der Waals surface area contributed by atoms with Gasteiger partial charge in [-0.25, -0.2) is 0 Å². The molecule has 1 aromatic heterocycles. The Kier molecular flexibility index (Phi) is 4.78. The lowest BCUT2D eigenvalue weighted by Crippen LogP contribution is -2.38. The van der Waals surface area contributed by atoms with Gasteiger partial charge in [-0.1, -0.05) is 26.2 Å². The lowest BCUT2D eigenvalue weighted by molar-refractivity contribution is 0.119. The molecule has 2 atom stereocenters. The summed E-state index contributed by atoms with van der Waals surface area (Å²) >= 11 is 0. The molecule has 0 bridgehead atoms. The standard InChI is InChI=1S/C14H25N3O/c1-3-12-11(10-17(2)16-12)9-15-13-7-5-4-6-8-14(13)18/h10,13-15,18H,3-9H2,1-2H3. The summed E-state index contributed by atoms with van der Waals surface area (Å²) in [5.41, 5.74) is 2.42. The zero-order valence-electron chi connectivity index (χ0n) is 11.5. The highest BCUT2D eigenvalue weighted by molar-refractivity contribution is 5.16. The molecule has 18 heavy (non-hydrogen) atoms. The molecule has 0 aromatic carbocycles. The largest absolute Gasteiger partial charge is 0.392 e. The van der Waals surface area contributed by atoms with Gasteiger partial charge in [-0.15, -0.1) is 0 Å². The second-order valence-electron chi connectivity index (χ2n) is 5.32. The van der Waals surface area contributed by atoms with Crippen LogP contribution in [0.5, 0.6) is 0 Å². The molecule has 0 saturated heterocycles. The van der Waals surface area contributed by atoms with Crippen LogP contribution >= 0.6 is 0 Å². The smallest absolute Gasteiger partial charge is 0.0693 e. The van der Waals surface area contributed by atoms with E-state index in [4.69, 9.17) is 0 Å². The lowest BCUT2D eigenvalue weighted by Gasteiger charge is -2.21. The van der Waals surface area contributed by atoms with Gasteiger partial charge >= 0.3 is 0 Å². The van der Waals surface area contributed by atoms with Gasteiger partial charge in [-0.2, -0.15) is 5.10 Å². The number of aliphatic hydroxyl groups excluding tert-OH is 1. The average Bonchev–Trinajstić information content (AvgIpc) is 2.59. The third-order valence-corrected chi connectivity index (χ3v) is 3.86. The van der Waals surface area contributed by atoms with Gasteiger partial charge < -0.3 is 10.4 Å². The molecule has 0 aliphatic heterocycles. The Morgan fingerprint density at radius 1 is 1.39 bits per heavy atom. The SMILES string of the molecule is CCc1nn(C)cc1CNC1CCCCCC1O. The van der Waals surface area contributed by atoms with E-state index < -0.39 is 0 Å². The van der Waals surface area contributed by atoms with E-state index in [0.717, 1.165) is 37.9 Å².